The Morgan fingerprint density at radius 1 is 1.35 bits per heavy atom. The second kappa shape index (κ2) is 5.32. The molecule has 1 aromatic rings. The van der Waals surface area contributed by atoms with Crippen molar-refractivity contribution in [3.8, 4) is 0 Å². The van der Waals surface area contributed by atoms with E-state index in [1.54, 1.807) is 17.0 Å². The molecule has 89 valence electrons. The Hall–Kier alpha value is -1.35. The molecular weight excluding hydrogens is 238 g/mol. The van der Waals surface area contributed by atoms with Crippen molar-refractivity contribution in [1.29, 1.82) is 0 Å². The minimum Gasteiger partial charge on any atom is -0.332 e. The van der Waals surface area contributed by atoms with Crippen LogP contribution < -0.4 is 0 Å². The average Bonchev–Trinajstić information content (AvgIpc) is 2.75. The van der Waals surface area contributed by atoms with Crippen LogP contribution in [0.2, 0.25) is 5.02 Å². The first-order valence-corrected chi connectivity index (χ1v) is 6.00. The highest BCUT2D eigenvalue weighted by atomic mass is 35.5. The fourth-order valence-electron chi connectivity index (χ4n) is 2.06. The van der Waals surface area contributed by atoms with Gasteiger partial charge in [-0.15, -0.1) is 0 Å². The zero-order valence-electron chi connectivity index (χ0n) is 9.36. The van der Waals surface area contributed by atoms with Crippen LogP contribution in [0.1, 0.15) is 18.4 Å². The van der Waals surface area contributed by atoms with Gasteiger partial charge in [0.15, 0.2) is 0 Å². The van der Waals surface area contributed by atoms with E-state index < -0.39 is 6.04 Å². The van der Waals surface area contributed by atoms with Crippen molar-refractivity contribution in [2.45, 2.75) is 25.3 Å². The number of carbonyl (C=O) groups is 1. The number of nitrogens with zero attached hydrogens (tertiary/aromatic N) is 1. The van der Waals surface area contributed by atoms with Gasteiger partial charge in [0.1, 0.15) is 6.04 Å². The summed E-state index contributed by atoms with van der Waals surface area (Å²) in [5, 5.41) is 0.664. The monoisotopic (exact) mass is 250 g/mol. The van der Waals surface area contributed by atoms with Crippen LogP contribution in [-0.4, -0.2) is 29.7 Å². The van der Waals surface area contributed by atoms with Crippen LogP contribution in [0.3, 0.4) is 0 Å². The summed E-state index contributed by atoms with van der Waals surface area (Å²) >= 11 is 5.79. The van der Waals surface area contributed by atoms with Crippen LogP contribution in [0.15, 0.2) is 24.3 Å². The van der Waals surface area contributed by atoms with E-state index in [9.17, 15) is 9.59 Å². The molecule has 2 rings (SSSR count). The van der Waals surface area contributed by atoms with E-state index in [0.29, 0.717) is 24.4 Å². The topological polar surface area (TPSA) is 37.4 Å². The van der Waals surface area contributed by atoms with Gasteiger partial charge in [-0.2, -0.15) is 0 Å². The Labute approximate surface area is 105 Å². The summed E-state index contributed by atoms with van der Waals surface area (Å²) in [6, 6.07) is 6.83. The van der Waals surface area contributed by atoms with Crippen LogP contribution in [0, 0.1) is 0 Å². The van der Waals surface area contributed by atoms with Crippen molar-refractivity contribution >= 4 is 23.8 Å². The van der Waals surface area contributed by atoms with E-state index in [0.717, 1.165) is 12.0 Å². The van der Waals surface area contributed by atoms with Crippen molar-refractivity contribution < 1.29 is 9.59 Å². The van der Waals surface area contributed by atoms with E-state index in [2.05, 4.69) is 0 Å². The molecule has 1 aromatic carbocycles. The fraction of sp³-hybridized carbons (Fsp3) is 0.385. The maximum Gasteiger partial charge on any atom is 0.223 e. The van der Waals surface area contributed by atoms with Gasteiger partial charge in [-0.1, -0.05) is 23.7 Å². The van der Waals surface area contributed by atoms with Crippen molar-refractivity contribution in [2.75, 3.05) is 6.54 Å². The largest absolute Gasteiger partial charge is 0.332 e. The molecule has 17 heavy (non-hydrogen) atoms. The second-order valence-corrected chi connectivity index (χ2v) is 4.59. The summed E-state index contributed by atoms with van der Waals surface area (Å²) in [6.07, 6.45) is 3.84. The zero-order valence-corrected chi connectivity index (χ0v) is 10.1. The molecule has 1 fully saturated rings. The number of rotatable bonds is 4. The first-order chi connectivity index (χ1) is 8.20. The highest BCUT2D eigenvalue weighted by Gasteiger charge is 2.28. The predicted molar refractivity (Wildman–Crippen MR) is 65.6 cm³/mol. The molecule has 1 saturated heterocycles. The molecule has 0 bridgehead atoms. The van der Waals surface area contributed by atoms with Gasteiger partial charge in [-0.25, -0.2) is 0 Å². The van der Waals surface area contributed by atoms with Gasteiger partial charge >= 0.3 is 0 Å². The SMILES string of the molecule is O=[C][C@@H](Cc1ccc(Cl)cc1)N1CCCC1=O. The van der Waals surface area contributed by atoms with Crippen LogP contribution >= 0.6 is 11.6 Å². The van der Waals surface area contributed by atoms with E-state index >= 15 is 0 Å². The molecule has 1 heterocycles. The lowest BCUT2D eigenvalue weighted by atomic mass is 10.1. The highest BCUT2D eigenvalue weighted by molar-refractivity contribution is 6.30. The molecule has 0 unspecified atom stereocenters. The Morgan fingerprint density at radius 2 is 2.06 bits per heavy atom. The number of amides is 1. The molecule has 1 amide bonds. The van der Waals surface area contributed by atoms with Crippen molar-refractivity contribution in [1.82, 2.24) is 4.90 Å². The maximum absolute atomic E-state index is 11.5. The summed E-state index contributed by atoms with van der Waals surface area (Å²) < 4.78 is 0. The summed E-state index contributed by atoms with van der Waals surface area (Å²) in [6.45, 7) is 0.659. The molecule has 1 atom stereocenters. The van der Waals surface area contributed by atoms with E-state index in [-0.39, 0.29) is 5.91 Å². The third kappa shape index (κ3) is 2.86. The van der Waals surface area contributed by atoms with Crippen molar-refractivity contribution in [2.24, 2.45) is 0 Å². The Bertz CT molecular complexity index is 416. The second-order valence-electron chi connectivity index (χ2n) is 4.15. The third-order valence-electron chi connectivity index (χ3n) is 2.96. The van der Waals surface area contributed by atoms with Crippen LogP contribution in [0.25, 0.3) is 0 Å². The van der Waals surface area contributed by atoms with Gasteiger partial charge in [0.25, 0.3) is 0 Å². The van der Waals surface area contributed by atoms with Crippen LogP contribution in [-0.2, 0) is 16.0 Å². The fourth-order valence-corrected chi connectivity index (χ4v) is 2.18. The minimum atomic E-state index is -0.467. The normalized spacial score (nSPS) is 17.2. The predicted octanol–water partition coefficient (Wildman–Crippen LogP) is 1.98. The minimum absolute atomic E-state index is 0.0484. The Kier molecular flexibility index (Phi) is 3.79. The molecule has 3 nitrogen and oxygen atoms in total. The molecule has 0 aromatic heterocycles. The first-order valence-electron chi connectivity index (χ1n) is 5.62. The third-order valence-corrected chi connectivity index (χ3v) is 3.22. The molecule has 1 radical (unpaired) electrons. The lowest BCUT2D eigenvalue weighted by Gasteiger charge is -2.22. The molecule has 1 aliphatic rings. The number of hydrogen-bond acceptors (Lipinski definition) is 2. The lowest BCUT2D eigenvalue weighted by Crippen LogP contribution is -2.38. The summed E-state index contributed by atoms with van der Waals surface area (Å²) in [4.78, 5) is 24.1. The van der Waals surface area contributed by atoms with Gasteiger partial charge < -0.3 is 4.90 Å². The molecule has 0 aliphatic carbocycles. The molecule has 0 N–H and O–H groups in total. The van der Waals surface area contributed by atoms with E-state index in [4.69, 9.17) is 11.6 Å². The van der Waals surface area contributed by atoms with Crippen LogP contribution in [0.5, 0.6) is 0 Å². The molecule has 0 spiro atoms. The molecular formula is C13H13ClNO2. The highest BCUT2D eigenvalue weighted by Crippen LogP contribution is 2.17. The van der Waals surface area contributed by atoms with Gasteiger partial charge in [0.2, 0.25) is 12.2 Å². The lowest BCUT2D eigenvalue weighted by molar-refractivity contribution is -0.128. The van der Waals surface area contributed by atoms with E-state index in [1.807, 2.05) is 18.4 Å². The number of carbonyl (C=O) groups excluding carboxylic acids is 2. The number of benzene rings is 1. The smallest absolute Gasteiger partial charge is 0.223 e. The quantitative estimate of drug-likeness (QED) is 0.820. The van der Waals surface area contributed by atoms with Gasteiger partial charge in [-0.05, 0) is 24.1 Å². The summed E-state index contributed by atoms with van der Waals surface area (Å²) in [5.74, 6) is 0.0484. The van der Waals surface area contributed by atoms with Crippen molar-refractivity contribution in [3.05, 3.63) is 34.9 Å². The molecule has 4 heteroatoms. The standard InChI is InChI=1S/C13H13ClNO2/c14-11-5-3-10(4-6-11)8-12(9-16)15-7-1-2-13(15)17/h3-6,12H,1-2,7-8H2/t12-/m1/s1. The number of likely N-dealkylation sites (tertiary alicyclic amines) is 1. The number of halogens is 1. The molecule has 1 aliphatic heterocycles. The van der Waals surface area contributed by atoms with Gasteiger partial charge in [-0.3, -0.25) is 9.59 Å². The number of hydrogen-bond donors (Lipinski definition) is 0. The Balaban J connectivity index is 2.07. The average molecular weight is 251 g/mol. The maximum atomic E-state index is 11.5. The van der Waals surface area contributed by atoms with Crippen LogP contribution in [0.4, 0.5) is 0 Å². The van der Waals surface area contributed by atoms with Gasteiger partial charge in [0, 0.05) is 24.4 Å². The first kappa shape index (κ1) is 12.1. The zero-order chi connectivity index (χ0) is 12.3. The van der Waals surface area contributed by atoms with E-state index in [1.165, 1.54) is 0 Å². The summed E-state index contributed by atoms with van der Waals surface area (Å²) in [5.41, 5.74) is 0.988. The molecule has 0 saturated carbocycles. The van der Waals surface area contributed by atoms with Gasteiger partial charge in [0.05, 0.1) is 0 Å². The Morgan fingerprint density at radius 3 is 2.59 bits per heavy atom. The summed E-state index contributed by atoms with van der Waals surface area (Å²) in [7, 11) is 0. The van der Waals surface area contributed by atoms with Crippen molar-refractivity contribution in [3.63, 3.8) is 0 Å².